The van der Waals surface area contributed by atoms with Gasteiger partial charge in [0.1, 0.15) is 5.82 Å². The Morgan fingerprint density at radius 2 is 2.16 bits per heavy atom. The average molecular weight is 330 g/mol. The van der Waals surface area contributed by atoms with Gasteiger partial charge in [0.25, 0.3) is 0 Å². The highest BCUT2D eigenvalue weighted by Gasteiger charge is 2.25. The van der Waals surface area contributed by atoms with E-state index in [1.165, 1.54) is 0 Å². The van der Waals surface area contributed by atoms with Crippen LogP contribution in [-0.2, 0) is 4.74 Å². The second-order valence-electron chi connectivity index (χ2n) is 5.60. The minimum atomic E-state index is -0.222. The van der Waals surface area contributed by atoms with Crippen molar-refractivity contribution in [3.8, 4) is 0 Å². The first-order chi connectivity index (χ1) is 8.97. The Morgan fingerprint density at radius 3 is 2.84 bits per heavy atom. The average Bonchev–Trinajstić information content (AvgIpc) is 2.36. The largest absolute Gasteiger partial charge is 0.382 e. The first-order valence-corrected chi connectivity index (χ1v) is 7.60. The zero-order valence-corrected chi connectivity index (χ0v) is 13.3. The van der Waals surface area contributed by atoms with E-state index in [4.69, 9.17) is 4.74 Å². The van der Waals surface area contributed by atoms with Crippen LogP contribution in [0.15, 0.2) is 16.6 Å². The lowest BCUT2D eigenvalue weighted by molar-refractivity contribution is -0.0160. The predicted octanol–water partition coefficient (Wildman–Crippen LogP) is 4.51. The first kappa shape index (κ1) is 14.8. The maximum atomic E-state index is 13.6. The molecule has 1 aromatic rings. The molecule has 0 radical (unpaired) electrons. The fourth-order valence-electron chi connectivity index (χ4n) is 2.45. The van der Waals surface area contributed by atoms with Gasteiger partial charge in [-0.25, -0.2) is 4.39 Å². The summed E-state index contributed by atoms with van der Waals surface area (Å²) in [6, 6.07) is 3.75. The Morgan fingerprint density at radius 1 is 1.42 bits per heavy atom. The zero-order chi connectivity index (χ0) is 14.0. The molecule has 4 heteroatoms. The number of aryl methyl sites for hydroxylation is 1. The van der Waals surface area contributed by atoms with Gasteiger partial charge in [0.15, 0.2) is 0 Å². The summed E-state index contributed by atoms with van der Waals surface area (Å²) >= 11 is 3.21. The molecule has 0 aromatic heterocycles. The van der Waals surface area contributed by atoms with Gasteiger partial charge in [-0.2, -0.15) is 0 Å². The van der Waals surface area contributed by atoms with Crippen molar-refractivity contribution in [3.05, 3.63) is 28.0 Å². The van der Waals surface area contributed by atoms with Gasteiger partial charge in [-0.3, -0.25) is 0 Å². The van der Waals surface area contributed by atoms with Gasteiger partial charge in [0.2, 0.25) is 0 Å². The van der Waals surface area contributed by atoms with E-state index in [0.29, 0.717) is 22.5 Å². The standard InChI is InChI=1S/C15H21BrFNO/c1-9(2)15-7-11(4-5-19-15)18-14-8-13(17)12(16)6-10(14)3/h6,8-9,11,15,18H,4-5,7H2,1-3H3. The summed E-state index contributed by atoms with van der Waals surface area (Å²) in [5.74, 6) is 0.299. The van der Waals surface area contributed by atoms with Crippen molar-refractivity contribution in [1.82, 2.24) is 0 Å². The molecule has 0 aliphatic carbocycles. The van der Waals surface area contributed by atoms with Crippen LogP contribution in [0.1, 0.15) is 32.3 Å². The number of benzene rings is 1. The lowest BCUT2D eigenvalue weighted by atomic mass is 9.95. The number of anilines is 1. The molecule has 1 saturated heterocycles. The van der Waals surface area contributed by atoms with Crippen LogP contribution in [0.3, 0.4) is 0 Å². The maximum Gasteiger partial charge on any atom is 0.139 e. The van der Waals surface area contributed by atoms with Gasteiger partial charge in [-0.15, -0.1) is 0 Å². The third-order valence-corrected chi connectivity index (χ3v) is 4.29. The summed E-state index contributed by atoms with van der Waals surface area (Å²) in [4.78, 5) is 0. The van der Waals surface area contributed by atoms with Crippen LogP contribution >= 0.6 is 15.9 Å². The SMILES string of the molecule is Cc1cc(Br)c(F)cc1NC1CCOC(C(C)C)C1. The highest BCUT2D eigenvalue weighted by atomic mass is 79.9. The quantitative estimate of drug-likeness (QED) is 0.880. The lowest BCUT2D eigenvalue weighted by Gasteiger charge is -2.33. The summed E-state index contributed by atoms with van der Waals surface area (Å²) in [5.41, 5.74) is 1.94. The molecule has 1 aromatic carbocycles. The second kappa shape index (κ2) is 6.23. The van der Waals surface area contributed by atoms with Crippen molar-refractivity contribution >= 4 is 21.6 Å². The summed E-state index contributed by atoms with van der Waals surface area (Å²) in [6.45, 7) is 7.12. The molecule has 1 fully saturated rings. The van der Waals surface area contributed by atoms with E-state index >= 15 is 0 Å². The number of hydrogen-bond acceptors (Lipinski definition) is 2. The topological polar surface area (TPSA) is 21.3 Å². The minimum Gasteiger partial charge on any atom is -0.382 e. The van der Waals surface area contributed by atoms with Crippen molar-refractivity contribution in [2.24, 2.45) is 5.92 Å². The first-order valence-electron chi connectivity index (χ1n) is 6.81. The molecule has 1 heterocycles. The van der Waals surface area contributed by atoms with E-state index in [0.717, 1.165) is 30.7 Å². The highest BCUT2D eigenvalue weighted by molar-refractivity contribution is 9.10. The zero-order valence-electron chi connectivity index (χ0n) is 11.7. The fraction of sp³-hybridized carbons (Fsp3) is 0.600. The summed E-state index contributed by atoms with van der Waals surface area (Å²) < 4.78 is 19.9. The minimum absolute atomic E-state index is 0.222. The number of nitrogens with one attached hydrogen (secondary N) is 1. The molecule has 2 rings (SSSR count). The van der Waals surface area contributed by atoms with Gasteiger partial charge in [0, 0.05) is 18.3 Å². The molecule has 0 bridgehead atoms. The Labute approximate surface area is 122 Å². The highest BCUT2D eigenvalue weighted by Crippen LogP contribution is 2.27. The van der Waals surface area contributed by atoms with Crippen LogP contribution in [-0.4, -0.2) is 18.8 Å². The molecular formula is C15H21BrFNO. The van der Waals surface area contributed by atoms with Crippen molar-refractivity contribution < 1.29 is 9.13 Å². The maximum absolute atomic E-state index is 13.6. The normalized spacial score (nSPS) is 23.7. The number of rotatable bonds is 3. The van der Waals surface area contributed by atoms with Crippen molar-refractivity contribution in [2.75, 3.05) is 11.9 Å². The van der Waals surface area contributed by atoms with Crippen molar-refractivity contribution in [2.45, 2.75) is 45.8 Å². The summed E-state index contributed by atoms with van der Waals surface area (Å²) in [6.07, 6.45) is 2.25. The molecule has 0 saturated carbocycles. The van der Waals surface area contributed by atoms with E-state index in [1.54, 1.807) is 6.07 Å². The van der Waals surface area contributed by atoms with Crippen LogP contribution in [0.2, 0.25) is 0 Å². The molecule has 1 N–H and O–H groups in total. The Balaban J connectivity index is 2.06. The molecule has 106 valence electrons. The van der Waals surface area contributed by atoms with Gasteiger partial charge >= 0.3 is 0 Å². The Bertz CT molecular complexity index is 450. The third kappa shape index (κ3) is 3.69. The Hall–Kier alpha value is -0.610. The molecule has 2 unspecified atom stereocenters. The van der Waals surface area contributed by atoms with Crippen molar-refractivity contribution in [3.63, 3.8) is 0 Å². The number of hydrogen-bond donors (Lipinski definition) is 1. The van der Waals surface area contributed by atoms with E-state index < -0.39 is 0 Å². The number of halogens is 2. The van der Waals surface area contributed by atoms with E-state index in [2.05, 4.69) is 35.1 Å². The molecule has 1 aliphatic rings. The molecule has 0 spiro atoms. The Kier molecular flexibility index (Phi) is 4.85. The van der Waals surface area contributed by atoms with E-state index in [1.807, 2.05) is 13.0 Å². The molecule has 19 heavy (non-hydrogen) atoms. The molecule has 2 atom stereocenters. The lowest BCUT2D eigenvalue weighted by Crippen LogP contribution is -2.36. The van der Waals surface area contributed by atoms with Gasteiger partial charge < -0.3 is 10.1 Å². The van der Waals surface area contributed by atoms with E-state index in [9.17, 15) is 4.39 Å². The molecule has 0 amide bonds. The monoisotopic (exact) mass is 329 g/mol. The fourth-order valence-corrected chi connectivity index (χ4v) is 2.90. The van der Waals surface area contributed by atoms with Gasteiger partial charge in [-0.05, 0) is 59.3 Å². The van der Waals surface area contributed by atoms with Crippen LogP contribution in [0.4, 0.5) is 10.1 Å². The molecular weight excluding hydrogens is 309 g/mol. The van der Waals surface area contributed by atoms with Crippen LogP contribution < -0.4 is 5.32 Å². The van der Waals surface area contributed by atoms with Crippen LogP contribution in [0.25, 0.3) is 0 Å². The molecule has 1 aliphatic heterocycles. The van der Waals surface area contributed by atoms with Crippen molar-refractivity contribution in [1.29, 1.82) is 0 Å². The van der Waals surface area contributed by atoms with E-state index in [-0.39, 0.29) is 5.82 Å². The molecule has 2 nitrogen and oxygen atoms in total. The summed E-state index contributed by atoms with van der Waals surface area (Å²) in [5, 5.41) is 3.46. The van der Waals surface area contributed by atoms with Gasteiger partial charge in [-0.1, -0.05) is 13.8 Å². The smallest absolute Gasteiger partial charge is 0.139 e. The van der Waals surface area contributed by atoms with Crippen LogP contribution in [0.5, 0.6) is 0 Å². The second-order valence-corrected chi connectivity index (χ2v) is 6.45. The number of ether oxygens (including phenoxy) is 1. The van der Waals surface area contributed by atoms with Gasteiger partial charge in [0.05, 0.1) is 10.6 Å². The van der Waals surface area contributed by atoms with Crippen LogP contribution in [0, 0.1) is 18.7 Å². The summed E-state index contributed by atoms with van der Waals surface area (Å²) in [7, 11) is 0. The predicted molar refractivity (Wildman–Crippen MR) is 80.1 cm³/mol. The third-order valence-electron chi connectivity index (χ3n) is 3.69.